The van der Waals surface area contributed by atoms with Gasteiger partial charge in [0, 0.05) is 19.2 Å². The van der Waals surface area contributed by atoms with Crippen molar-refractivity contribution < 1.29 is 28.6 Å². The molecular formula is C22H22FNO5. The van der Waals surface area contributed by atoms with E-state index in [1.54, 1.807) is 24.3 Å². The topological polar surface area (TPSA) is 76.1 Å². The molecule has 0 bridgehead atoms. The standard InChI is InChI=1S/C22H22FNO5/c1-3-29-17-10-6-15(7-11-17)20(25)18-19(14-4-8-16(23)9-5-14)24(12-13-28-2)22(27)21(18)26/h4-11,19,25H,3,12-13H2,1-2H3. The van der Waals surface area contributed by atoms with E-state index in [9.17, 15) is 19.1 Å². The molecule has 152 valence electrons. The van der Waals surface area contributed by atoms with Gasteiger partial charge in [0.05, 0.1) is 24.8 Å². The van der Waals surface area contributed by atoms with Gasteiger partial charge in [-0.1, -0.05) is 12.1 Å². The molecular weight excluding hydrogens is 377 g/mol. The quantitative estimate of drug-likeness (QED) is 0.439. The zero-order chi connectivity index (χ0) is 21.0. The maximum atomic E-state index is 13.4. The van der Waals surface area contributed by atoms with Crippen LogP contribution in [0.5, 0.6) is 5.75 Å². The van der Waals surface area contributed by atoms with Gasteiger partial charge in [-0.05, 0) is 48.9 Å². The zero-order valence-corrected chi connectivity index (χ0v) is 16.2. The predicted molar refractivity (Wildman–Crippen MR) is 105 cm³/mol. The monoisotopic (exact) mass is 399 g/mol. The Morgan fingerprint density at radius 2 is 1.76 bits per heavy atom. The van der Waals surface area contributed by atoms with E-state index in [-0.39, 0.29) is 24.5 Å². The Balaban J connectivity index is 2.09. The Bertz CT molecular complexity index is 921. The third-order valence-corrected chi connectivity index (χ3v) is 4.70. The van der Waals surface area contributed by atoms with Gasteiger partial charge in [-0.2, -0.15) is 0 Å². The molecule has 1 saturated heterocycles. The smallest absolute Gasteiger partial charge is 0.295 e. The summed E-state index contributed by atoms with van der Waals surface area (Å²) in [7, 11) is 1.49. The fourth-order valence-electron chi connectivity index (χ4n) is 3.32. The summed E-state index contributed by atoms with van der Waals surface area (Å²) in [5.41, 5.74) is 0.862. The van der Waals surface area contributed by atoms with Gasteiger partial charge in [-0.15, -0.1) is 0 Å². The normalized spacial score (nSPS) is 18.3. The van der Waals surface area contributed by atoms with Crippen LogP contribution in [0.3, 0.4) is 0 Å². The third kappa shape index (κ3) is 4.14. The van der Waals surface area contributed by atoms with Crippen molar-refractivity contribution in [2.45, 2.75) is 13.0 Å². The number of hydrogen-bond donors (Lipinski definition) is 1. The first-order valence-electron chi connectivity index (χ1n) is 9.24. The highest BCUT2D eigenvalue weighted by Crippen LogP contribution is 2.39. The van der Waals surface area contributed by atoms with Crippen LogP contribution in [-0.2, 0) is 14.3 Å². The Kier molecular flexibility index (Phi) is 6.29. The average molecular weight is 399 g/mol. The number of hydrogen-bond acceptors (Lipinski definition) is 5. The van der Waals surface area contributed by atoms with Crippen molar-refractivity contribution in [2.24, 2.45) is 0 Å². The maximum absolute atomic E-state index is 13.4. The highest BCUT2D eigenvalue weighted by Gasteiger charge is 2.45. The molecule has 29 heavy (non-hydrogen) atoms. The molecule has 1 aliphatic heterocycles. The number of rotatable bonds is 7. The summed E-state index contributed by atoms with van der Waals surface area (Å²) in [6.07, 6.45) is 0. The van der Waals surface area contributed by atoms with Crippen LogP contribution in [0.15, 0.2) is 54.1 Å². The lowest BCUT2D eigenvalue weighted by molar-refractivity contribution is -0.140. The molecule has 0 aromatic heterocycles. The van der Waals surface area contributed by atoms with Crippen LogP contribution in [0, 0.1) is 5.82 Å². The van der Waals surface area contributed by atoms with Crippen molar-refractivity contribution in [1.29, 1.82) is 0 Å². The number of aliphatic hydroxyl groups excluding tert-OH is 1. The molecule has 1 heterocycles. The van der Waals surface area contributed by atoms with Crippen LogP contribution in [0.2, 0.25) is 0 Å². The van der Waals surface area contributed by atoms with Crippen molar-refractivity contribution in [2.75, 3.05) is 26.9 Å². The number of likely N-dealkylation sites (tertiary alicyclic amines) is 1. The first kappa shape index (κ1) is 20.5. The lowest BCUT2D eigenvalue weighted by Crippen LogP contribution is -2.32. The highest BCUT2D eigenvalue weighted by atomic mass is 19.1. The summed E-state index contributed by atoms with van der Waals surface area (Å²) in [6.45, 7) is 2.73. The van der Waals surface area contributed by atoms with Gasteiger partial charge in [-0.25, -0.2) is 4.39 Å². The molecule has 1 atom stereocenters. The second kappa shape index (κ2) is 8.87. The Labute approximate surface area is 168 Å². The number of amides is 1. The van der Waals surface area contributed by atoms with Gasteiger partial charge >= 0.3 is 0 Å². The van der Waals surface area contributed by atoms with Crippen molar-refractivity contribution in [3.05, 3.63) is 71.0 Å². The van der Waals surface area contributed by atoms with Crippen LogP contribution in [0.25, 0.3) is 5.76 Å². The number of ether oxygens (including phenoxy) is 2. The minimum Gasteiger partial charge on any atom is -0.507 e. The first-order chi connectivity index (χ1) is 14.0. The second-order valence-corrected chi connectivity index (χ2v) is 6.49. The van der Waals surface area contributed by atoms with E-state index in [0.717, 1.165) is 0 Å². The molecule has 1 fully saturated rings. The van der Waals surface area contributed by atoms with E-state index in [0.29, 0.717) is 23.5 Å². The summed E-state index contributed by atoms with van der Waals surface area (Å²) >= 11 is 0. The van der Waals surface area contributed by atoms with E-state index in [2.05, 4.69) is 0 Å². The minimum atomic E-state index is -0.836. The Hall–Kier alpha value is -3.19. The van der Waals surface area contributed by atoms with Crippen LogP contribution in [0.1, 0.15) is 24.1 Å². The van der Waals surface area contributed by atoms with Crippen LogP contribution >= 0.6 is 0 Å². The van der Waals surface area contributed by atoms with E-state index in [1.807, 2.05) is 6.92 Å². The molecule has 1 aliphatic rings. The van der Waals surface area contributed by atoms with Gasteiger partial charge in [0.1, 0.15) is 17.3 Å². The molecule has 2 aromatic carbocycles. The molecule has 3 rings (SSSR count). The molecule has 6 nitrogen and oxygen atoms in total. The molecule has 1 amide bonds. The van der Waals surface area contributed by atoms with E-state index >= 15 is 0 Å². The number of ketones is 1. The number of benzene rings is 2. The van der Waals surface area contributed by atoms with E-state index in [1.165, 1.54) is 36.3 Å². The molecule has 0 radical (unpaired) electrons. The van der Waals surface area contributed by atoms with E-state index < -0.39 is 23.5 Å². The molecule has 0 saturated carbocycles. The van der Waals surface area contributed by atoms with E-state index in [4.69, 9.17) is 9.47 Å². The SMILES string of the molecule is CCOc1ccc(C(O)=C2C(=O)C(=O)N(CCOC)C2c2ccc(F)cc2)cc1. The van der Waals surface area contributed by atoms with Crippen molar-refractivity contribution in [3.63, 3.8) is 0 Å². The molecule has 2 aromatic rings. The summed E-state index contributed by atoms with van der Waals surface area (Å²) in [6, 6.07) is 11.2. The maximum Gasteiger partial charge on any atom is 0.295 e. The van der Waals surface area contributed by atoms with Gasteiger partial charge < -0.3 is 19.5 Å². The summed E-state index contributed by atoms with van der Waals surface area (Å²) < 4.78 is 23.8. The van der Waals surface area contributed by atoms with Gasteiger partial charge in [0.2, 0.25) is 0 Å². The predicted octanol–water partition coefficient (Wildman–Crippen LogP) is 3.29. The molecule has 0 spiro atoms. The second-order valence-electron chi connectivity index (χ2n) is 6.49. The fourth-order valence-corrected chi connectivity index (χ4v) is 3.32. The number of nitrogens with zero attached hydrogens (tertiary/aromatic N) is 1. The van der Waals surface area contributed by atoms with Gasteiger partial charge in [0.15, 0.2) is 0 Å². The number of carbonyl (C=O) groups is 2. The first-order valence-corrected chi connectivity index (χ1v) is 9.24. The lowest BCUT2D eigenvalue weighted by atomic mass is 9.95. The highest BCUT2D eigenvalue weighted by molar-refractivity contribution is 6.46. The number of Topliss-reactive ketones (excluding diaryl/α,β-unsaturated/α-hetero) is 1. The molecule has 0 aliphatic carbocycles. The van der Waals surface area contributed by atoms with Crippen LogP contribution < -0.4 is 4.74 Å². The molecule has 7 heteroatoms. The Morgan fingerprint density at radius 1 is 1.10 bits per heavy atom. The number of halogens is 1. The van der Waals surface area contributed by atoms with Crippen molar-refractivity contribution in [3.8, 4) is 5.75 Å². The minimum absolute atomic E-state index is 0.0399. The van der Waals surface area contributed by atoms with Gasteiger partial charge in [0.25, 0.3) is 11.7 Å². The van der Waals surface area contributed by atoms with Crippen molar-refractivity contribution in [1.82, 2.24) is 4.90 Å². The van der Waals surface area contributed by atoms with Crippen LogP contribution in [-0.4, -0.2) is 48.6 Å². The lowest BCUT2D eigenvalue weighted by Gasteiger charge is -2.25. The summed E-state index contributed by atoms with van der Waals surface area (Å²) in [5.74, 6) is -1.62. The van der Waals surface area contributed by atoms with Crippen LogP contribution in [0.4, 0.5) is 4.39 Å². The number of aliphatic hydroxyl groups is 1. The number of methoxy groups -OCH3 is 1. The third-order valence-electron chi connectivity index (χ3n) is 4.70. The molecule has 1 unspecified atom stereocenters. The average Bonchev–Trinajstić information content (AvgIpc) is 2.98. The van der Waals surface area contributed by atoms with Gasteiger partial charge in [-0.3, -0.25) is 9.59 Å². The largest absolute Gasteiger partial charge is 0.507 e. The fraction of sp³-hybridized carbons (Fsp3) is 0.273. The number of carbonyl (C=O) groups excluding carboxylic acids is 2. The zero-order valence-electron chi connectivity index (χ0n) is 16.2. The summed E-state index contributed by atoms with van der Waals surface area (Å²) in [5, 5.41) is 10.9. The molecule has 1 N–H and O–H groups in total. The van der Waals surface area contributed by atoms with Crippen molar-refractivity contribution >= 4 is 17.4 Å². The summed E-state index contributed by atoms with van der Waals surface area (Å²) in [4.78, 5) is 26.7. The Morgan fingerprint density at radius 3 is 2.34 bits per heavy atom.